The van der Waals surface area contributed by atoms with Crippen molar-refractivity contribution < 1.29 is 14.3 Å². The van der Waals surface area contributed by atoms with Gasteiger partial charge in [0, 0.05) is 13.1 Å². The first-order chi connectivity index (χ1) is 12.7. The molecule has 0 amide bonds. The molecular formula is C21H24N2O3. The van der Waals surface area contributed by atoms with Gasteiger partial charge >= 0.3 is 5.97 Å². The van der Waals surface area contributed by atoms with E-state index in [4.69, 9.17) is 9.47 Å². The van der Waals surface area contributed by atoms with Crippen LogP contribution in [0.25, 0.3) is 0 Å². The van der Waals surface area contributed by atoms with Gasteiger partial charge in [0.05, 0.1) is 20.1 Å². The molecule has 0 saturated heterocycles. The third-order valence-electron chi connectivity index (χ3n) is 4.39. The standard InChI is InChI=1S/C21H24N2O3/c1-25-21(24)11-13-23-14-12-22-20(23)16-26-19-9-7-18(8-10-19)15-17-5-3-2-4-6-17/h2-10H,11-16H2,1H3. The Morgan fingerprint density at radius 3 is 2.54 bits per heavy atom. The second-order valence-electron chi connectivity index (χ2n) is 6.21. The molecule has 0 bridgehead atoms. The van der Waals surface area contributed by atoms with E-state index in [-0.39, 0.29) is 5.97 Å². The number of benzene rings is 2. The first kappa shape index (κ1) is 18.0. The van der Waals surface area contributed by atoms with Crippen LogP contribution in [0.1, 0.15) is 17.5 Å². The summed E-state index contributed by atoms with van der Waals surface area (Å²) in [6, 6.07) is 18.6. The summed E-state index contributed by atoms with van der Waals surface area (Å²) in [7, 11) is 1.41. The van der Waals surface area contributed by atoms with Crippen LogP contribution in [0, 0.1) is 0 Å². The van der Waals surface area contributed by atoms with Crippen molar-refractivity contribution in [2.24, 2.45) is 4.99 Å². The van der Waals surface area contributed by atoms with Gasteiger partial charge < -0.3 is 14.4 Å². The molecule has 136 valence electrons. The van der Waals surface area contributed by atoms with Crippen LogP contribution < -0.4 is 4.74 Å². The summed E-state index contributed by atoms with van der Waals surface area (Å²) in [5.41, 5.74) is 2.55. The monoisotopic (exact) mass is 352 g/mol. The lowest BCUT2D eigenvalue weighted by Crippen LogP contribution is -2.33. The molecule has 0 atom stereocenters. The summed E-state index contributed by atoms with van der Waals surface area (Å²) in [4.78, 5) is 17.9. The van der Waals surface area contributed by atoms with Crippen molar-refractivity contribution >= 4 is 11.8 Å². The van der Waals surface area contributed by atoms with Crippen molar-refractivity contribution in [3.05, 3.63) is 65.7 Å². The summed E-state index contributed by atoms with van der Waals surface area (Å²) in [6.07, 6.45) is 1.28. The number of methoxy groups -OCH3 is 1. The van der Waals surface area contributed by atoms with Gasteiger partial charge in [0.2, 0.25) is 0 Å². The van der Waals surface area contributed by atoms with E-state index in [0.717, 1.165) is 31.1 Å². The van der Waals surface area contributed by atoms with E-state index in [9.17, 15) is 4.79 Å². The molecule has 1 aliphatic heterocycles. The average Bonchev–Trinajstić information content (AvgIpc) is 3.14. The van der Waals surface area contributed by atoms with Crippen LogP contribution in [0.3, 0.4) is 0 Å². The Kier molecular flexibility index (Phi) is 6.25. The third kappa shape index (κ3) is 5.09. The number of amidine groups is 1. The number of hydrogen-bond donors (Lipinski definition) is 0. The Labute approximate surface area is 154 Å². The highest BCUT2D eigenvalue weighted by molar-refractivity contribution is 5.85. The summed E-state index contributed by atoms with van der Waals surface area (Å²) in [5.74, 6) is 1.51. The number of rotatable bonds is 8. The van der Waals surface area contributed by atoms with Crippen molar-refractivity contribution in [3.8, 4) is 5.75 Å². The molecule has 0 fully saturated rings. The zero-order valence-corrected chi connectivity index (χ0v) is 15.1. The normalized spacial score (nSPS) is 13.4. The van der Waals surface area contributed by atoms with Crippen LogP contribution in [-0.4, -0.2) is 50.1 Å². The topological polar surface area (TPSA) is 51.1 Å². The molecule has 0 unspecified atom stereocenters. The van der Waals surface area contributed by atoms with E-state index in [1.54, 1.807) is 0 Å². The highest BCUT2D eigenvalue weighted by atomic mass is 16.5. The molecule has 0 saturated carbocycles. The second kappa shape index (κ2) is 9.04. The lowest BCUT2D eigenvalue weighted by atomic mass is 10.1. The Morgan fingerprint density at radius 1 is 1.08 bits per heavy atom. The number of hydrogen-bond acceptors (Lipinski definition) is 5. The highest BCUT2D eigenvalue weighted by Crippen LogP contribution is 2.16. The van der Waals surface area contributed by atoms with E-state index in [1.807, 2.05) is 18.2 Å². The van der Waals surface area contributed by atoms with Crippen molar-refractivity contribution in [1.29, 1.82) is 0 Å². The number of esters is 1. The fraction of sp³-hybridized carbons (Fsp3) is 0.333. The number of carbonyl (C=O) groups excluding carboxylic acids is 1. The molecule has 0 radical (unpaired) electrons. The summed E-state index contributed by atoms with van der Waals surface area (Å²) in [5, 5.41) is 0. The molecule has 1 aliphatic rings. The molecule has 26 heavy (non-hydrogen) atoms. The van der Waals surface area contributed by atoms with Crippen LogP contribution in [0.15, 0.2) is 59.6 Å². The average molecular weight is 352 g/mol. The van der Waals surface area contributed by atoms with E-state index in [1.165, 1.54) is 18.2 Å². The Balaban J connectivity index is 1.49. The molecule has 5 nitrogen and oxygen atoms in total. The SMILES string of the molecule is COC(=O)CCN1CCN=C1COc1ccc(Cc2ccccc2)cc1. The summed E-state index contributed by atoms with van der Waals surface area (Å²) in [6.45, 7) is 2.60. The van der Waals surface area contributed by atoms with Gasteiger partial charge in [-0.15, -0.1) is 0 Å². The molecule has 0 aromatic heterocycles. The molecule has 2 aromatic carbocycles. The molecule has 0 aliphatic carbocycles. The minimum Gasteiger partial charge on any atom is -0.486 e. The van der Waals surface area contributed by atoms with Gasteiger partial charge in [-0.3, -0.25) is 9.79 Å². The second-order valence-corrected chi connectivity index (χ2v) is 6.21. The van der Waals surface area contributed by atoms with E-state index in [2.05, 4.69) is 46.3 Å². The minimum absolute atomic E-state index is 0.203. The Morgan fingerprint density at radius 2 is 1.81 bits per heavy atom. The third-order valence-corrected chi connectivity index (χ3v) is 4.39. The number of aliphatic imine (C=N–C) groups is 1. The molecule has 0 N–H and O–H groups in total. The first-order valence-electron chi connectivity index (χ1n) is 8.85. The van der Waals surface area contributed by atoms with Crippen molar-refractivity contribution in [1.82, 2.24) is 4.90 Å². The van der Waals surface area contributed by atoms with E-state index >= 15 is 0 Å². The molecular weight excluding hydrogens is 328 g/mol. The van der Waals surface area contributed by atoms with Gasteiger partial charge in [0.25, 0.3) is 0 Å². The lowest BCUT2D eigenvalue weighted by molar-refractivity contribution is -0.140. The van der Waals surface area contributed by atoms with Crippen molar-refractivity contribution in [3.63, 3.8) is 0 Å². The molecule has 5 heteroatoms. The Hall–Kier alpha value is -2.82. The number of nitrogens with zero attached hydrogens (tertiary/aromatic N) is 2. The van der Waals surface area contributed by atoms with Crippen molar-refractivity contribution in [2.75, 3.05) is 33.4 Å². The predicted octanol–water partition coefficient (Wildman–Crippen LogP) is 2.93. The van der Waals surface area contributed by atoms with Gasteiger partial charge in [-0.2, -0.15) is 0 Å². The number of ether oxygens (including phenoxy) is 2. The van der Waals surface area contributed by atoms with E-state index in [0.29, 0.717) is 19.6 Å². The first-order valence-corrected chi connectivity index (χ1v) is 8.85. The molecule has 1 heterocycles. The van der Waals surface area contributed by atoms with Gasteiger partial charge in [0.15, 0.2) is 0 Å². The van der Waals surface area contributed by atoms with Crippen molar-refractivity contribution in [2.45, 2.75) is 12.8 Å². The molecule has 2 aromatic rings. The van der Waals surface area contributed by atoms with Crippen LogP contribution in [0.2, 0.25) is 0 Å². The zero-order chi connectivity index (χ0) is 18.2. The molecule has 0 spiro atoms. The summed E-state index contributed by atoms with van der Waals surface area (Å²) < 4.78 is 10.6. The highest BCUT2D eigenvalue weighted by Gasteiger charge is 2.18. The maximum absolute atomic E-state index is 11.3. The predicted molar refractivity (Wildman–Crippen MR) is 102 cm³/mol. The van der Waals surface area contributed by atoms with Crippen LogP contribution in [0.4, 0.5) is 0 Å². The fourth-order valence-corrected chi connectivity index (χ4v) is 2.92. The maximum Gasteiger partial charge on any atom is 0.307 e. The summed E-state index contributed by atoms with van der Waals surface area (Å²) >= 11 is 0. The zero-order valence-electron chi connectivity index (χ0n) is 15.1. The minimum atomic E-state index is -0.203. The van der Waals surface area contributed by atoms with Crippen LogP contribution in [0.5, 0.6) is 5.75 Å². The van der Waals surface area contributed by atoms with E-state index < -0.39 is 0 Å². The fourth-order valence-electron chi connectivity index (χ4n) is 2.92. The molecule has 3 rings (SSSR count). The van der Waals surface area contributed by atoms with Gasteiger partial charge in [-0.05, 0) is 29.7 Å². The van der Waals surface area contributed by atoms with Gasteiger partial charge in [-0.25, -0.2) is 0 Å². The number of carbonyl (C=O) groups is 1. The lowest BCUT2D eigenvalue weighted by Gasteiger charge is -2.20. The van der Waals surface area contributed by atoms with Gasteiger partial charge in [-0.1, -0.05) is 42.5 Å². The smallest absolute Gasteiger partial charge is 0.307 e. The van der Waals surface area contributed by atoms with Crippen LogP contribution >= 0.6 is 0 Å². The largest absolute Gasteiger partial charge is 0.486 e. The van der Waals surface area contributed by atoms with Crippen LogP contribution in [-0.2, 0) is 16.0 Å². The Bertz CT molecular complexity index is 742. The van der Waals surface area contributed by atoms with Gasteiger partial charge in [0.1, 0.15) is 18.2 Å². The maximum atomic E-state index is 11.3. The quantitative estimate of drug-likeness (QED) is 0.686.